The molecule has 0 unspecified atom stereocenters. The van der Waals surface area contributed by atoms with Crippen molar-refractivity contribution < 1.29 is 39.5 Å². The molecule has 0 aliphatic heterocycles. The molecule has 50 heavy (non-hydrogen) atoms. The van der Waals surface area contributed by atoms with Gasteiger partial charge < -0.3 is 41.1 Å². The van der Waals surface area contributed by atoms with Gasteiger partial charge in [0.2, 0.25) is 5.91 Å². The fraction of sp³-hybridized carbons (Fsp3) is 0.378. The predicted octanol–water partition coefficient (Wildman–Crippen LogP) is 4.99. The van der Waals surface area contributed by atoms with Crippen molar-refractivity contribution in [3.05, 3.63) is 88.6 Å². The SMILES string of the molecule is CC(=O)Nc1ccc(O)cc1.CC[C@@H](CO)NCCN[C@@H](CC)CO.COc1ccc2c(c1)c(CC(=O)O)c(C)n2C(=O)c1ccc(Cl)cc1. The minimum absolute atomic E-state index is 0.115. The molecule has 0 saturated heterocycles. The first kappa shape index (κ1) is 41.7. The van der Waals surface area contributed by atoms with Crippen LogP contribution in [-0.2, 0) is 16.0 Å². The molecule has 0 fully saturated rings. The molecule has 1 aromatic heterocycles. The summed E-state index contributed by atoms with van der Waals surface area (Å²) in [6.07, 6.45) is 1.71. The molecular formula is C37H49ClN4O8. The maximum absolute atomic E-state index is 13.0. The number of phenolic OH excluding ortho intramolecular Hbond substituents is 1. The standard InChI is InChI=1S/C19H16ClNO4.C10H24N2O2.C8H9NO2/c1-11-15(10-18(22)23)16-9-14(25-2)7-8-17(16)21(11)19(24)12-3-5-13(20)6-4-12;1-3-9(7-13)11-5-6-12-10(4-2)8-14;1-6(10)9-7-2-4-8(11)5-3-7/h3-9H,10H2,1-2H3,(H,22,23);9-14H,3-8H2,1-2H3;2-5,11H,1H3,(H,9,10)/t;9-,10-;/m.0./s1. The fourth-order valence-electron chi connectivity index (χ4n) is 4.92. The molecule has 0 saturated carbocycles. The molecule has 12 nitrogen and oxygen atoms in total. The van der Waals surface area contributed by atoms with Crippen molar-refractivity contribution in [2.75, 3.05) is 38.7 Å². The van der Waals surface area contributed by atoms with Crippen LogP contribution in [0.4, 0.5) is 5.69 Å². The van der Waals surface area contributed by atoms with E-state index < -0.39 is 5.97 Å². The zero-order chi connectivity index (χ0) is 37.2. The van der Waals surface area contributed by atoms with Gasteiger partial charge in [0.15, 0.2) is 0 Å². The van der Waals surface area contributed by atoms with Crippen molar-refractivity contribution in [3.63, 3.8) is 0 Å². The number of phenols is 1. The molecule has 0 aliphatic carbocycles. The third kappa shape index (κ3) is 13.1. The normalized spacial score (nSPS) is 11.8. The number of aromatic hydroxyl groups is 1. The Morgan fingerprint density at radius 3 is 1.90 bits per heavy atom. The summed E-state index contributed by atoms with van der Waals surface area (Å²) in [7, 11) is 1.54. The molecule has 0 aliphatic rings. The van der Waals surface area contributed by atoms with Crippen LogP contribution in [0.1, 0.15) is 55.2 Å². The van der Waals surface area contributed by atoms with Crippen molar-refractivity contribution >= 4 is 46.0 Å². The number of carbonyl (C=O) groups excluding carboxylic acids is 2. The van der Waals surface area contributed by atoms with E-state index >= 15 is 0 Å². The summed E-state index contributed by atoms with van der Waals surface area (Å²) in [6.45, 7) is 9.31. The van der Waals surface area contributed by atoms with Gasteiger partial charge in [-0.1, -0.05) is 25.4 Å². The Morgan fingerprint density at radius 1 is 0.880 bits per heavy atom. The summed E-state index contributed by atoms with van der Waals surface area (Å²) in [6, 6.07) is 18.6. The number of amides is 1. The zero-order valence-electron chi connectivity index (χ0n) is 29.2. The summed E-state index contributed by atoms with van der Waals surface area (Å²) < 4.78 is 6.77. The van der Waals surface area contributed by atoms with Gasteiger partial charge >= 0.3 is 5.97 Å². The number of hydrogen-bond donors (Lipinski definition) is 7. The number of aliphatic carboxylic acids is 1. The number of aromatic nitrogens is 1. The lowest BCUT2D eigenvalue weighted by Gasteiger charge is -2.17. The Bertz CT molecular complexity index is 1640. The number of nitrogens with zero attached hydrogens (tertiary/aromatic N) is 1. The largest absolute Gasteiger partial charge is 0.508 e. The number of carbonyl (C=O) groups is 3. The zero-order valence-corrected chi connectivity index (χ0v) is 30.0. The van der Waals surface area contributed by atoms with Crippen LogP contribution in [0.2, 0.25) is 5.02 Å². The Morgan fingerprint density at radius 2 is 1.44 bits per heavy atom. The highest BCUT2D eigenvalue weighted by Gasteiger charge is 2.21. The molecule has 4 aromatic rings. The molecule has 2 atom stereocenters. The molecule has 1 heterocycles. The summed E-state index contributed by atoms with van der Waals surface area (Å²) in [5.41, 5.74) is 3.02. The number of fused-ring (bicyclic) bond motifs is 1. The Kier molecular flexibility index (Phi) is 18.0. The Labute approximate surface area is 298 Å². The minimum Gasteiger partial charge on any atom is -0.508 e. The van der Waals surface area contributed by atoms with E-state index in [1.54, 1.807) is 68.6 Å². The number of ether oxygens (including phenoxy) is 1. The van der Waals surface area contributed by atoms with E-state index in [1.165, 1.54) is 23.6 Å². The van der Waals surface area contributed by atoms with Gasteiger partial charge in [-0.15, -0.1) is 0 Å². The van der Waals surface area contributed by atoms with E-state index in [9.17, 15) is 19.5 Å². The lowest BCUT2D eigenvalue weighted by atomic mass is 10.1. The van der Waals surface area contributed by atoms with Crippen LogP contribution >= 0.6 is 11.6 Å². The molecule has 1 amide bonds. The first-order valence-electron chi connectivity index (χ1n) is 16.3. The second-order valence-corrected chi connectivity index (χ2v) is 11.8. The van der Waals surface area contributed by atoms with Crippen molar-refractivity contribution in [1.29, 1.82) is 0 Å². The first-order chi connectivity index (χ1) is 23.9. The monoisotopic (exact) mass is 712 g/mol. The van der Waals surface area contributed by atoms with E-state index in [4.69, 9.17) is 31.7 Å². The average molecular weight is 713 g/mol. The molecule has 0 bridgehead atoms. The van der Waals surface area contributed by atoms with E-state index in [-0.39, 0.29) is 49.3 Å². The summed E-state index contributed by atoms with van der Waals surface area (Å²) in [5, 5.41) is 46.2. The summed E-state index contributed by atoms with van der Waals surface area (Å²) >= 11 is 5.89. The van der Waals surface area contributed by atoms with Gasteiger partial charge in [0, 0.05) is 59.5 Å². The van der Waals surface area contributed by atoms with Crippen LogP contribution in [0.3, 0.4) is 0 Å². The Balaban J connectivity index is 0.000000293. The Hall–Kier alpha value is -4.46. The maximum Gasteiger partial charge on any atom is 0.307 e. The third-order valence-electron chi connectivity index (χ3n) is 7.77. The smallest absolute Gasteiger partial charge is 0.307 e. The number of benzene rings is 3. The average Bonchev–Trinajstić information content (AvgIpc) is 3.37. The number of rotatable bonds is 14. The highest BCUT2D eigenvalue weighted by Crippen LogP contribution is 2.31. The van der Waals surface area contributed by atoms with Crippen molar-refractivity contribution in [2.24, 2.45) is 0 Å². The number of methoxy groups -OCH3 is 1. The maximum atomic E-state index is 13.0. The molecule has 4 rings (SSSR count). The number of aliphatic hydroxyl groups excluding tert-OH is 2. The van der Waals surface area contributed by atoms with Gasteiger partial charge in [0.1, 0.15) is 11.5 Å². The third-order valence-corrected chi connectivity index (χ3v) is 8.02. The van der Waals surface area contributed by atoms with Gasteiger partial charge in [0.05, 0.1) is 32.3 Å². The second kappa shape index (κ2) is 21.6. The highest BCUT2D eigenvalue weighted by atomic mass is 35.5. The lowest BCUT2D eigenvalue weighted by molar-refractivity contribution is -0.136. The van der Waals surface area contributed by atoms with Gasteiger partial charge in [-0.05, 0) is 92.1 Å². The molecule has 7 N–H and O–H groups in total. The van der Waals surface area contributed by atoms with Crippen LogP contribution in [0.25, 0.3) is 10.9 Å². The van der Waals surface area contributed by atoms with E-state index in [0.29, 0.717) is 44.2 Å². The van der Waals surface area contributed by atoms with Crippen LogP contribution in [0.15, 0.2) is 66.7 Å². The molecule has 0 radical (unpaired) electrons. The molecule has 272 valence electrons. The van der Waals surface area contributed by atoms with Crippen LogP contribution in [0, 0.1) is 6.92 Å². The van der Waals surface area contributed by atoms with E-state index in [2.05, 4.69) is 16.0 Å². The summed E-state index contributed by atoms with van der Waals surface area (Å²) in [4.78, 5) is 34.8. The van der Waals surface area contributed by atoms with Crippen molar-refractivity contribution in [3.8, 4) is 11.5 Å². The van der Waals surface area contributed by atoms with Crippen LogP contribution < -0.4 is 20.7 Å². The molecular weight excluding hydrogens is 664 g/mol. The minimum atomic E-state index is -0.955. The molecule has 13 heteroatoms. The molecule has 0 spiro atoms. The van der Waals surface area contributed by atoms with Gasteiger partial charge in [0.25, 0.3) is 5.91 Å². The topological polar surface area (TPSA) is 182 Å². The van der Waals surface area contributed by atoms with E-state index in [1.807, 2.05) is 13.8 Å². The number of hydrogen-bond acceptors (Lipinski definition) is 9. The van der Waals surface area contributed by atoms with Crippen LogP contribution in [-0.4, -0.2) is 88.3 Å². The van der Waals surface area contributed by atoms with Gasteiger partial charge in [-0.2, -0.15) is 0 Å². The quantitative estimate of drug-likeness (QED) is 0.0695. The van der Waals surface area contributed by atoms with Gasteiger partial charge in [-0.25, -0.2) is 0 Å². The number of carboxylic acids is 1. The fourth-order valence-corrected chi connectivity index (χ4v) is 5.05. The highest BCUT2D eigenvalue weighted by molar-refractivity contribution is 6.30. The number of anilines is 1. The number of carboxylic acid groups (broad SMARTS) is 1. The first-order valence-corrected chi connectivity index (χ1v) is 16.7. The number of aliphatic hydroxyl groups is 2. The molecule has 3 aromatic carbocycles. The van der Waals surface area contributed by atoms with E-state index in [0.717, 1.165) is 25.9 Å². The van der Waals surface area contributed by atoms with Gasteiger partial charge in [-0.3, -0.25) is 19.0 Å². The van der Waals surface area contributed by atoms with Crippen molar-refractivity contribution in [2.45, 2.75) is 59.0 Å². The predicted molar refractivity (Wildman–Crippen MR) is 196 cm³/mol. The lowest BCUT2D eigenvalue weighted by Crippen LogP contribution is -2.40. The van der Waals surface area contributed by atoms with Crippen molar-refractivity contribution in [1.82, 2.24) is 15.2 Å². The number of halogens is 1. The summed E-state index contributed by atoms with van der Waals surface area (Å²) in [5.74, 6) is -0.505. The van der Waals surface area contributed by atoms with Crippen LogP contribution in [0.5, 0.6) is 11.5 Å². The number of nitrogens with one attached hydrogen (secondary N) is 3. The second-order valence-electron chi connectivity index (χ2n) is 11.4.